The van der Waals surface area contributed by atoms with E-state index in [1.807, 2.05) is 0 Å². The molecule has 1 heterocycles. The highest BCUT2D eigenvalue weighted by Gasteiger charge is 2.33. The lowest BCUT2D eigenvalue weighted by atomic mass is 9.98. The number of carbonyl (C=O) groups is 5. The maximum Gasteiger partial charge on any atom is 0.326 e. The molecule has 0 saturated carbocycles. The van der Waals surface area contributed by atoms with Gasteiger partial charge in [-0.15, -0.1) is 0 Å². The zero-order valence-corrected chi connectivity index (χ0v) is 20.5. The minimum Gasteiger partial charge on any atom is -0.481 e. The number of carboxylic acids is 2. The molecule has 0 spiro atoms. The third-order valence-corrected chi connectivity index (χ3v) is 5.71. The summed E-state index contributed by atoms with van der Waals surface area (Å²) in [6.45, 7) is 3.87. The first-order valence-electron chi connectivity index (χ1n) is 11.8. The average molecular weight is 512 g/mol. The molecular weight excluding hydrogens is 474 g/mol. The van der Waals surface area contributed by atoms with Crippen LogP contribution in [0.3, 0.4) is 0 Å². The minimum atomic E-state index is -1.52. The first-order valence-corrected chi connectivity index (χ1v) is 11.8. The van der Waals surface area contributed by atoms with Crippen LogP contribution in [-0.2, 0) is 30.4 Å². The predicted octanol–water partition coefficient (Wildman–Crippen LogP) is -1.53. The molecule has 0 bridgehead atoms. The largest absolute Gasteiger partial charge is 0.481 e. The topological polar surface area (TPSA) is 243 Å². The number of H-pyrrole nitrogens is 1. The second kappa shape index (κ2) is 15.5. The molecule has 14 heteroatoms. The summed E-state index contributed by atoms with van der Waals surface area (Å²) in [5, 5.41) is 25.9. The van der Waals surface area contributed by atoms with Crippen molar-refractivity contribution in [2.45, 2.75) is 76.5 Å². The molecule has 0 saturated heterocycles. The Hall–Kier alpha value is -3.52. The van der Waals surface area contributed by atoms with Crippen LogP contribution in [-0.4, -0.2) is 80.6 Å². The summed E-state index contributed by atoms with van der Waals surface area (Å²) in [4.78, 5) is 68.1. The third kappa shape index (κ3) is 10.4. The summed E-state index contributed by atoms with van der Waals surface area (Å²) in [5.74, 6) is -5.42. The Kier molecular flexibility index (Phi) is 13.1. The molecule has 1 aromatic heterocycles. The Labute approximate surface area is 209 Å². The van der Waals surface area contributed by atoms with E-state index in [9.17, 15) is 34.2 Å². The zero-order chi connectivity index (χ0) is 27.3. The molecule has 0 aliphatic heterocycles. The molecule has 1 rings (SSSR count). The van der Waals surface area contributed by atoms with Gasteiger partial charge in [-0.1, -0.05) is 26.7 Å². The van der Waals surface area contributed by atoms with Crippen molar-refractivity contribution < 1.29 is 34.2 Å². The third-order valence-electron chi connectivity index (χ3n) is 5.71. The second-order valence-electron chi connectivity index (χ2n) is 8.60. The number of hydrogen-bond acceptors (Lipinski definition) is 8. The molecule has 5 atom stereocenters. The lowest BCUT2D eigenvalue weighted by Gasteiger charge is -2.26. The van der Waals surface area contributed by atoms with Gasteiger partial charge >= 0.3 is 11.9 Å². The number of aromatic amines is 1. The summed E-state index contributed by atoms with van der Waals surface area (Å²) in [6.07, 6.45) is 3.95. The van der Waals surface area contributed by atoms with Gasteiger partial charge in [0, 0.05) is 18.3 Å². The van der Waals surface area contributed by atoms with Gasteiger partial charge in [0.2, 0.25) is 17.7 Å². The number of nitrogens with one attached hydrogen (secondary N) is 4. The molecule has 0 aromatic carbocycles. The zero-order valence-electron chi connectivity index (χ0n) is 20.5. The molecule has 202 valence electrons. The molecule has 0 fully saturated rings. The van der Waals surface area contributed by atoms with E-state index in [1.165, 1.54) is 12.5 Å². The van der Waals surface area contributed by atoms with E-state index in [1.54, 1.807) is 13.8 Å². The Morgan fingerprint density at radius 3 is 2.19 bits per heavy atom. The number of hydrogen-bond donors (Lipinski definition) is 8. The monoisotopic (exact) mass is 511 g/mol. The number of carbonyl (C=O) groups excluding carboxylic acids is 3. The fourth-order valence-corrected chi connectivity index (χ4v) is 3.34. The molecular formula is C22H37N7O7. The fraction of sp³-hybridized carbons (Fsp3) is 0.636. The number of rotatable bonds is 17. The number of nitrogens with two attached hydrogens (primary N) is 2. The SMILES string of the molecule is CCC(C)C(NC(=O)C(Cc1cnc[nH]1)NC(=O)C(CC(=O)O)NC(=O)C(N)CCCCN)C(=O)O. The molecule has 14 nitrogen and oxygen atoms in total. The van der Waals surface area contributed by atoms with Crippen LogP contribution in [0.5, 0.6) is 0 Å². The van der Waals surface area contributed by atoms with Crippen molar-refractivity contribution in [3.8, 4) is 0 Å². The van der Waals surface area contributed by atoms with Crippen molar-refractivity contribution >= 4 is 29.7 Å². The number of nitrogens with zero attached hydrogens (tertiary/aromatic N) is 1. The van der Waals surface area contributed by atoms with Gasteiger partial charge in [-0.3, -0.25) is 19.2 Å². The predicted molar refractivity (Wildman–Crippen MR) is 128 cm³/mol. The van der Waals surface area contributed by atoms with Gasteiger partial charge in [-0.25, -0.2) is 9.78 Å². The summed E-state index contributed by atoms with van der Waals surface area (Å²) in [5.41, 5.74) is 11.7. The van der Waals surface area contributed by atoms with Crippen molar-refractivity contribution in [2.75, 3.05) is 6.54 Å². The lowest BCUT2D eigenvalue weighted by Crippen LogP contribution is -2.58. The van der Waals surface area contributed by atoms with Gasteiger partial charge in [0.05, 0.1) is 18.8 Å². The summed E-state index contributed by atoms with van der Waals surface area (Å²) < 4.78 is 0. The first-order chi connectivity index (χ1) is 17.0. The van der Waals surface area contributed by atoms with E-state index >= 15 is 0 Å². The molecule has 36 heavy (non-hydrogen) atoms. The van der Waals surface area contributed by atoms with Gasteiger partial charge in [0.15, 0.2) is 0 Å². The molecule has 3 amide bonds. The standard InChI is InChI=1S/C22H37N7O7/c1-3-12(2)18(22(35)36)29-21(34)15(8-13-10-25-11-26-13)28-20(33)16(9-17(30)31)27-19(32)14(24)6-4-5-7-23/h10-12,14-16,18H,3-9,23-24H2,1-2H3,(H,25,26)(H,27,32)(H,28,33)(H,29,34)(H,30,31)(H,35,36). The van der Waals surface area contributed by atoms with Crippen LogP contribution in [0.4, 0.5) is 0 Å². The smallest absolute Gasteiger partial charge is 0.326 e. The van der Waals surface area contributed by atoms with E-state index in [4.69, 9.17) is 11.5 Å². The molecule has 1 aromatic rings. The van der Waals surface area contributed by atoms with Crippen molar-refractivity contribution in [1.29, 1.82) is 0 Å². The Morgan fingerprint density at radius 1 is 1.03 bits per heavy atom. The fourth-order valence-electron chi connectivity index (χ4n) is 3.34. The van der Waals surface area contributed by atoms with Crippen LogP contribution in [0, 0.1) is 5.92 Å². The highest BCUT2D eigenvalue weighted by molar-refractivity contribution is 5.95. The van der Waals surface area contributed by atoms with E-state index in [2.05, 4.69) is 25.9 Å². The first kappa shape index (κ1) is 30.5. The molecule has 5 unspecified atom stereocenters. The molecule has 10 N–H and O–H groups in total. The minimum absolute atomic E-state index is 0.0865. The number of amides is 3. The van der Waals surface area contributed by atoms with Crippen LogP contribution in [0.15, 0.2) is 12.5 Å². The number of imidazole rings is 1. The van der Waals surface area contributed by atoms with Crippen LogP contribution in [0.1, 0.15) is 51.6 Å². The van der Waals surface area contributed by atoms with Gasteiger partial charge in [-0.05, 0) is 25.3 Å². The molecule has 0 radical (unpaired) electrons. The van der Waals surface area contributed by atoms with E-state index in [0.717, 1.165) is 0 Å². The highest BCUT2D eigenvalue weighted by atomic mass is 16.4. The lowest BCUT2D eigenvalue weighted by molar-refractivity contribution is -0.144. The Bertz CT molecular complexity index is 878. The number of unbranched alkanes of at least 4 members (excludes halogenated alkanes) is 1. The number of aromatic nitrogens is 2. The summed E-state index contributed by atoms with van der Waals surface area (Å²) in [7, 11) is 0. The number of aliphatic carboxylic acids is 2. The Balaban J connectivity index is 3.04. The van der Waals surface area contributed by atoms with Crippen LogP contribution >= 0.6 is 0 Å². The average Bonchev–Trinajstić information content (AvgIpc) is 3.33. The van der Waals surface area contributed by atoms with Gasteiger partial charge in [0.25, 0.3) is 0 Å². The highest BCUT2D eigenvalue weighted by Crippen LogP contribution is 2.10. The quantitative estimate of drug-likeness (QED) is 0.112. The molecule has 0 aliphatic rings. The van der Waals surface area contributed by atoms with Gasteiger partial charge < -0.3 is 42.6 Å². The maximum absolute atomic E-state index is 13.0. The van der Waals surface area contributed by atoms with E-state index < -0.39 is 66.2 Å². The second-order valence-corrected chi connectivity index (χ2v) is 8.60. The maximum atomic E-state index is 13.0. The number of carboxylic acid groups (broad SMARTS) is 2. The Morgan fingerprint density at radius 2 is 1.67 bits per heavy atom. The van der Waals surface area contributed by atoms with Crippen molar-refractivity contribution in [2.24, 2.45) is 17.4 Å². The summed E-state index contributed by atoms with van der Waals surface area (Å²) >= 11 is 0. The molecule has 0 aliphatic carbocycles. The van der Waals surface area contributed by atoms with Gasteiger partial charge in [0.1, 0.15) is 18.1 Å². The van der Waals surface area contributed by atoms with Crippen LogP contribution in [0.2, 0.25) is 0 Å². The van der Waals surface area contributed by atoms with E-state index in [0.29, 0.717) is 37.9 Å². The van der Waals surface area contributed by atoms with Crippen molar-refractivity contribution in [3.63, 3.8) is 0 Å². The normalized spacial score (nSPS) is 15.1. The van der Waals surface area contributed by atoms with Crippen LogP contribution < -0.4 is 27.4 Å². The van der Waals surface area contributed by atoms with Crippen molar-refractivity contribution in [1.82, 2.24) is 25.9 Å². The van der Waals surface area contributed by atoms with E-state index in [-0.39, 0.29) is 6.42 Å². The van der Waals surface area contributed by atoms with Gasteiger partial charge in [-0.2, -0.15) is 0 Å². The van der Waals surface area contributed by atoms with Crippen LogP contribution in [0.25, 0.3) is 0 Å². The summed E-state index contributed by atoms with van der Waals surface area (Å²) in [6, 6.07) is -4.98. The van der Waals surface area contributed by atoms with Crippen molar-refractivity contribution in [3.05, 3.63) is 18.2 Å².